The molecule has 0 aliphatic rings. The lowest BCUT2D eigenvalue weighted by atomic mass is 9.89. The topological polar surface area (TPSA) is 223 Å². The summed E-state index contributed by atoms with van der Waals surface area (Å²) in [6.07, 6.45) is 0. The number of rotatable bonds is 9. The first kappa shape index (κ1) is 30.7. The van der Waals surface area contributed by atoms with E-state index < -0.39 is 103 Å². The van der Waals surface area contributed by atoms with Crippen molar-refractivity contribution < 1.29 is 68.5 Å². The quantitative estimate of drug-likeness (QED) is 0.138. The van der Waals surface area contributed by atoms with Crippen molar-refractivity contribution in [1.82, 2.24) is 0 Å². The third kappa shape index (κ3) is 5.08. The molecule has 0 bridgehead atoms. The molecule has 0 aromatic heterocycles. The van der Waals surface area contributed by atoms with E-state index in [0.717, 1.165) is 59.6 Å². The van der Waals surface area contributed by atoms with E-state index in [2.05, 4.69) is 9.47 Å². The minimum Gasteiger partial charge on any atom is -0.506 e. The van der Waals surface area contributed by atoms with Crippen LogP contribution >= 0.6 is 0 Å². The van der Waals surface area contributed by atoms with Crippen LogP contribution in [0, 0.1) is 0 Å². The van der Waals surface area contributed by atoms with Gasteiger partial charge in [0.1, 0.15) is 5.75 Å². The molecular formula is C28H24O14. The largest absolute Gasteiger partial charge is 0.506 e. The van der Waals surface area contributed by atoms with Gasteiger partial charge in [-0.05, 0) is 31.2 Å². The molecule has 14 heteroatoms. The molecule has 0 radical (unpaired) electrons. The molecule has 42 heavy (non-hydrogen) atoms. The van der Waals surface area contributed by atoms with Gasteiger partial charge in [0.05, 0.1) is 61.8 Å². The van der Waals surface area contributed by atoms with Crippen LogP contribution in [0.1, 0.15) is 69.8 Å². The Bertz CT molecular complexity index is 1670. The Morgan fingerprint density at radius 3 is 1.31 bits per heavy atom. The molecule has 0 spiro atoms. The fraction of sp³-hybridized carbons (Fsp3) is 0.179. The van der Waals surface area contributed by atoms with Crippen LogP contribution in [0.3, 0.4) is 0 Å². The molecule has 3 aromatic carbocycles. The monoisotopic (exact) mass is 584 g/mol. The van der Waals surface area contributed by atoms with Gasteiger partial charge in [-0.25, -0.2) is 9.59 Å². The van der Waals surface area contributed by atoms with E-state index in [1.165, 1.54) is 0 Å². The number of ketones is 3. The van der Waals surface area contributed by atoms with Crippen molar-refractivity contribution >= 4 is 29.3 Å². The number of methoxy groups -OCH3 is 4. The van der Waals surface area contributed by atoms with Gasteiger partial charge in [0.25, 0.3) is 0 Å². The lowest BCUT2D eigenvalue weighted by Crippen LogP contribution is -2.16. The van der Waals surface area contributed by atoms with Gasteiger partial charge in [-0.15, -0.1) is 0 Å². The molecule has 5 N–H and O–H groups in total. The number of Topliss-reactive ketones (excluding diaryl/α,β-unsaturated/α-hetero) is 1. The number of carbonyl (C=O) groups excluding carboxylic acids is 5. The van der Waals surface area contributed by atoms with E-state index in [1.54, 1.807) is 0 Å². The highest BCUT2D eigenvalue weighted by Crippen LogP contribution is 2.44. The van der Waals surface area contributed by atoms with Gasteiger partial charge in [0, 0.05) is 5.56 Å². The average Bonchev–Trinajstić information content (AvgIpc) is 2.97. The predicted molar refractivity (Wildman–Crippen MR) is 140 cm³/mol. The standard InChI is InChI=1S/C28H24O14/c1-10(29)12-6-11(20(30)18-13(27(37)41-4)8-16(39-2)23(33)25(18)35)7-15(21(12)31)22(32)19-14(28(38)42-5)9-17(40-3)24(34)26(19)36/h6-9,31,33-36H,1-5H3. The Balaban J connectivity index is 2.39. The molecule has 3 aromatic rings. The summed E-state index contributed by atoms with van der Waals surface area (Å²) in [4.78, 5) is 64.7. The fourth-order valence-electron chi connectivity index (χ4n) is 4.07. The number of hydrogen-bond acceptors (Lipinski definition) is 14. The van der Waals surface area contributed by atoms with Gasteiger partial charge in [0.2, 0.25) is 17.3 Å². The van der Waals surface area contributed by atoms with Crippen LogP contribution in [0.25, 0.3) is 0 Å². The maximum absolute atomic E-state index is 13.7. The Hall–Kier alpha value is -5.79. The van der Waals surface area contributed by atoms with Crippen molar-refractivity contribution in [2.75, 3.05) is 28.4 Å². The summed E-state index contributed by atoms with van der Waals surface area (Å²) in [5.74, 6) is -11.6. The summed E-state index contributed by atoms with van der Waals surface area (Å²) < 4.78 is 19.1. The van der Waals surface area contributed by atoms with Gasteiger partial charge in [-0.1, -0.05) is 0 Å². The first-order valence-corrected chi connectivity index (χ1v) is 11.6. The molecule has 0 aliphatic heterocycles. The number of carbonyl (C=O) groups is 5. The van der Waals surface area contributed by atoms with Crippen molar-refractivity contribution in [2.45, 2.75) is 6.92 Å². The summed E-state index contributed by atoms with van der Waals surface area (Å²) in [6, 6.07) is 3.39. The molecular weight excluding hydrogens is 560 g/mol. The summed E-state index contributed by atoms with van der Waals surface area (Å²) >= 11 is 0. The van der Waals surface area contributed by atoms with Gasteiger partial charge >= 0.3 is 11.9 Å². The maximum atomic E-state index is 13.7. The van der Waals surface area contributed by atoms with E-state index in [-0.39, 0.29) is 5.75 Å². The minimum atomic E-state index is -1.35. The van der Waals surface area contributed by atoms with Crippen molar-refractivity contribution in [2.24, 2.45) is 0 Å². The molecule has 3 rings (SSSR count). The highest BCUT2D eigenvalue weighted by atomic mass is 16.5. The molecule has 14 nitrogen and oxygen atoms in total. The second kappa shape index (κ2) is 11.8. The van der Waals surface area contributed by atoms with Crippen LogP contribution in [0.15, 0.2) is 24.3 Å². The van der Waals surface area contributed by atoms with Crippen LogP contribution < -0.4 is 9.47 Å². The second-order valence-corrected chi connectivity index (χ2v) is 8.51. The van der Waals surface area contributed by atoms with Crippen LogP contribution in [0.5, 0.6) is 40.2 Å². The van der Waals surface area contributed by atoms with Crippen LogP contribution in [0.4, 0.5) is 0 Å². The smallest absolute Gasteiger partial charge is 0.338 e. The molecule has 0 aliphatic carbocycles. The first-order chi connectivity index (χ1) is 19.7. The molecule has 0 fully saturated rings. The van der Waals surface area contributed by atoms with Crippen LogP contribution in [-0.2, 0) is 9.47 Å². The van der Waals surface area contributed by atoms with Crippen molar-refractivity contribution in [3.63, 3.8) is 0 Å². The maximum Gasteiger partial charge on any atom is 0.338 e. The van der Waals surface area contributed by atoms with Crippen LogP contribution in [-0.4, -0.2) is 83.3 Å². The Kier molecular flexibility index (Phi) is 8.60. The lowest BCUT2D eigenvalue weighted by Gasteiger charge is -2.17. The molecule has 0 unspecified atom stereocenters. The van der Waals surface area contributed by atoms with Crippen molar-refractivity contribution in [3.05, 3.63) is 63.2 Å². The highest BCUT2D eigenvalue weighted by Gasteiger charge is 2.33. The normalized spacial score (nSPS) is 10.5. The Morgan fingerprint density at radius 1 is 0.524 bits per heavy atom. The summed E-state index contributed by atoms with van der Waals surface area (Å²) in [7, 11) is 4.16. The van der Waals surface area contributed by atoms with Gasteiger partial charge in [0.15, 0.2) is 34.6 Å². The fourth-order valence-corrected chi connectivity index (χ4v) is 4.07. The summed E-state index contributed by atoms with van der Waals surface area (Å²) in [6.45, 7) is 0.991. The summed E-state index contributed by atoms with van der Waals surface area (Å²) in [5.41, 5.74) is -4.82. The number of aromatic hydroxyl groups is 5. The number of phenolic OH excluding ortho intramolecular Hbond substituents is 5. The zero-order valence-corrected chi connectivity index (χ0v) is 22.7. The third-order valence-corrected chi connectivity index (χ3v) is 6.18. The van der Waals surface area contributed by atoms with E-state index in [0.29, 0.717) is 0 Å². The molecule has 0 heterocycles. The van der Waals surface area contributed by atoms with E-state index in [9.17, 15) is 49.5 Å². The SMILES string of the molecule is COC(=O)c1cc(OC)c(O)c(O)c1C(=O)c1cc(C(C)=O)c(O)c(C(=O)c2c(C(=O)OC)cc(OC)c(O)c2O)c1. The first-order valence-electron chi connectivity index (χ1n) is 11.6. The molecule has 0 amide bonds. The molecule has 0 saturated heterocycles. The van der Waals surface area contributed by atoms with E-state index in [4.69, 9.17) is 9.47 Å². The van der Waals surface area contributed by atoms with Gasteiger partial charge in [-0.2, -0.15) is 0 Å². The highest BCUT2D eigenvalue weighted by molar-refractivity contribution is 6.22. The Labute approximate surface area is 236 Å². The minimum absolute atomic E-state index is 0.388. The van der Waals surface area contributed by atoms with E-state index >= 15 is 0 Å². The number of benzene rings is 3. The van der Waals surface area contributed by atoms with Crippen molar-refractivity contribution in [1.29, 1.82) is 0 Å². The average molecular weight is 584 g/mol. The van der Waals surface area contributed by atoms with Crippen molar-refractivity contribution in [3.8, 4) is 40.2 Å². The third-order valence-electron chi connectivity index (χ3n) is 6.18. The number of phenols is 5. The van der Waals surface area contributed by atoms with E-state index in [1.807, 2.05) is 0 Å². The Morgan fingerprint density at radius 2 is 0.929 bits per heavy atom. The second-order valence-electron chi connectivity index (χ2n) is 8.51. The predicted octanol–water partition coefficient (Wildman–Crippen LogP) is 2.47. The van der Waals surface area contributed by atoms with Gasteiger partial charge < -0.3 is 44.5 Å². The zero-order valence-electron chi connectivity index (χ0n) is 22.7. The molecule has 220 valence electrons. The lowest BCUT2D eigenvalue weighted by molar-refractivity contribution is 0.0589. The number of ether oxygens (including phenoxy) is 4. The van der Waals surface area contributed by atoms with Crippen LogP contribution in [0.2, 0.25) is 0 Å². The van der Waals surface area contributed by atoms with Gasteiger partial charge in [-0.3, -0.25) is 14.4 Å². The summed E-state index contributed by atoms with van der Waals surface area (Å²) in [5, 5.41) is 52.7. The number of hydrogen-bond donors (Lipinski definition) is 5. The zero-order chi connectivity index (χ0) is 31.6. The number of esters is 2. The molecule has 0 saturated carbocycles. The molecule has 0 atom stereocenters.